The Morgan fingerprint density at radius 2 is 1.85 bits per heavy atom. The van der Waals surface area contributed by atoms with Gasteiger partial charge in [0.1, 0.15) is 0 Å². The number of carbonyl (C=O) groups excluding carboxylic acids is 1. The van der Waals surface area contributed by atoms with Crippen LogP contribution in [0.1, 0.15) is 51.5 Å². The van der Waals surface area contributed by atoms with Crippen molar-refractivity contribution in [2.45, 2.75) is 58.5 Å². The molecule has 2 saturated heterocycles. The molecule has 3 rings (SSSR count). The Kier molecular flexibility index (Phi) is 7.71. The molecule has 0 radical (unpaired) electrons. The summed E-state index contributed by atoms with van der Waals surface area (Å²) in [6.45, 7) is 11.1. The highest BCUT2D eigenvalue weighted by molar-refractivity contribution is 5.78. The monoisotopic (exact) mass is 371 g/mol. The first kappa shape index (κ1) is 20.3. The van der Waals surface area contributed by atoms with Gasteiger partial charge in [-0.2, -0.15) is 0 Å². The molecule has 1 unspecified atom stereocenters. The zero-order chi connectivity index (χ0) is 19.1. The third kappa shape index (κ3) is 6.32. The topological polar surface area (TPSA) is 35.6 Å². The average Bonchev–Trinajstić information content (AvgIpc) is 2.71. The van der Waals surface area contributed by atoms with E-state index in [9.17, 15) is 4.79 Å². The Hall–Kier alpha value is -1.39. The van der Waals surface area contributed by atoms with Gasteiger partial charge in [0.25, 0.3) is 0 Å². The number of rotatable bonds is 7. The summed E-state index contributed by atoms with van der Waals surface area (Å²) in [5.41, 5.74) is 1.17. The number of benzene rings is 1. The molecule has 0 aliphatic carbocycles. The normalized spacial score (nSPS) is 22.9. The van der Waals surface area contributed by atoms with Crippen LogP contribution in [0.15, 0.2) is 30.3 Å². The van der Waals surface area contributed by atoms with Crippen LogP contribution in [0.5, 0.6) is 0 Å². The van der Waals surface area contributed by atoms with Gasteiger partial charge in [0.15, 0.2) is 0 Å². The van der Waals surface area contributed by atoms with Gasteiger partial charge in [-0.15, -0.1) is 0 Å². The molecule has 1 aromatic carbocycles. The summed E-state index contributed by atoms with van der Waals surface area (Å²) in [4.78, 5) is 17.9. The maximum atomic E-state index is 12.7. The second-order valence-corrected chi connectivity index (χ2v) is 8.79. The van der Waals surface area contributed by atoms with Crippen molar-refractivity contribution in [2.75, 3.05) is 32.7 Å². The van der Waals surface area contributed by atoms with E-state index in [-0.39, 0.29) is 11.8 Å². The smallest absolute Gasteiger partial charge is 0.224 e. The molecule has 1 aromatic rings. The molecule has 0 bridgehead atoms. The molecule has 2 heterocycles. The lowest BCUT2D eigenvalue weighted by atomic mass is 9.93. The Morgan fingerprint density at radius 1 is 1.11 bits per heavy atom. The van der Waals surface area contributed by atoms with Crippen molar-refractivity contribution in [1.29, 1.82) is 0 Å². The molecule has 0 saturated carbocycles. The van der Waals surface area contributed by atoms with Crippen LogP contribution in [0.25, 0.3) is 0 Å². The fourth-order valence-electron chi connectivity index (χ4n) is 4.43. The standard InChI is InChI=1S/C23H37N3O/c1-19(2)10-14-25-15-11-22(12-16-25)26-13-6-9-21(18-26)23(27)24-17-20-7-4-3-5-8-20/h3-5,7-8,19,21-22H,6,9-18H2,1-2H3,(H,24,27). The van der Waals surface area contributed by atoms with Crippen LogP contribution in [-0.4, -0.2) is 54.5 Å². The molecule has 2 fully saturated rings. The molecular weight excluding hydrogens is 334 g/mol. The van der Waals surface area contributed by atoms with Crippen molar-refractivity contribution in [3.05, 3.63) is 35.9 Å². The Balaban J connectivity index is 1.42. The highest BCUT2D eigenvalue weighted by Crippen LogP contribution is 2.24. The van der Waals surface area contributed by atoms with Crippen LogP contribution in [0.4, 0.5) is 0 Å². The Bertz CT molecular complexity index is 566. The van der Waals surface area contributed by atoms with Gasteiger partial charge in [0.2, 0.25) is 5.91 Å². The van der Waals surface area contributed by atoms with Crippen LogP contribution in [0.3, 0.4) is 0 Å². The van der Waals surface area contributed by atoms with Gasteiger partial charge in [-0.1, -0.05) is 44.2 Å². The first-order chi connectivity index (χ1) is 13.1. The third-order valence-electron chi connectivity index (χ3n) is 6.23. The quantitative estimate of drug-likeness (QED) is 0.796. The summed E-state index contributed by atoms with van der Waals surface area (Å²) >= 11 is 0. The van der Waals surface area contributed by atoms with Crippen molar-refractivity contribution in [3.8, 4) is 0 Å². The maximum absolute atomic E-state index is 12.7. The number of nitrogens with zero attached hydrogens (tertiary/aromatic N) is 2. The number of carbonyl (C=O) groups is 1. The second kappa shape index (κ2) is 10.2. The SMILES string of the molecule is CC(C)CCN1CCC(N2CCCC(C(=O)NCc3ccccc3)C2)CC1. The fourth-order valence-corrected chi connectivity index (χ4v) is 4.43. The van der Waals surface area contributed by atoms with E-state index >= 15 is 0 Å². The van der Waals surface area contributed by atoms with Crippen molar-refractivity contribution >= 4 is 5.91 Å². The summed E-state index contributed by atoms with van der Waals surface area (Å²) in [6, 6.07) is 10.9. The van der Waals surface area contributed by atoms with Gasteiger partial charge in [0.05, 0.1) is 5.92 Å². The number of likely N-dealkylation sites (tertiary alicyclic amines) is 2. The number of hydrogen-bond acceptors (Lipinski definition) is 3. The summed E-state index contributed by atoms with van der Waals surface area (Å²) in [5, 5.41) is 3.15. The lowest BCUT2D eigenvalue weighted by molar-refractivity contribution is -0.127. The van der Waals surface area contributed by atoms with E-state index in [2.05, 4.69) is 41.1 Å². The van der Waals surface area contributed by atoms with E-state index in [1.54, 1.807) is 0 Å². The maximum Gasteiger partial charge on any atom is 0.224 e. The number of nitrogens with one attached hydrogen (secondary N) is 1. The van der Waals surface area contributed by atoms with Crippen LogP contribution in [0.2, 0.25) is 0 Å². The Morgan fingerprint density at radius 3 is 2.56 bits per heavy atom. The summed E-state index contributed by atoms with van der Waals surface area (Å²) in [5.74, 6) is 1.18. The molecule has 0 aromatic heterocycles. The minimum atomic E-state index is 0.154. The fraction of sp³-hybridized carbons (Fsp3) is 0.696. The summed E-state index contributed by atoms with van der Waals surface area (Å²) in [6.07, 6.45) is 6.01. The molecule has 0 spiro atoms. The molecule has 27 heavy (non-hydrogen) atoms. The lowest BCUT2D eigenvalue weighted by Crippen LogP contribution is -2.50. The van der Waals surface area contributed by atoms with Crippen molar-refractivity contribution in [1.82, 2.24) is 15.1 Å². The summed E-state index contributed by atoms with van der Waals surface area (Å²) in [7, 11) is 0. The molecule has 2 aliphatic heterocycles. The molecule has 1 atom stereocenters. The first-order valence-electron chi connectivity index (χ1n) is 10.9. The van der Waals surface area contributed by atoms with Crippen molar-refractivity contribution < 1.29 is 4.79 Å². The van der Waals surface area contributed by atoms with E-state index in [4.69, 9.17) is 0 Å². The Labute approximate surface area is 165 Å². The van der Waals surface area contributed by atoms with Crippen LogP contribution in [-0.2, 0) is 11.3 Å². The lowest BCUT2D eigenvalue weighted by Gasteiger charge is -2.42. The van der Waals surface area contributed by atoms with Gasteiger partial charge in [-0.05, 0) is 69.8 Å². The van der Waals surface area contributed by atoms with Crippen molar-refractivity contribution in [3.63, 3.8) is 0 Å². The minimum Gasteiger partial charge on any atom is -0.352 e. The molecule has 2 aliphatic rings. The predicted molar refractivity (Wildman–Crippen MR) is 112 cm³/mol. The number of piperidine rings is 2. The molecule has 150 valence electrons. The third-order valence-corrected chi connectivity index (χ3v) is 6.23. The van der Waals surface area contributed by atoms with Gasteiger partial charge in [-0.3, -0.25) is 9.69 Å². The molecule has 4 nitrogen and oxygen atoms in total. The second-order valence-electron chi connectivity index (χ2n) is 8.79. The highest BCUT2D eigenvalue weighted by atomic mass is 16.1. The van der Waals surface area contributed by atoms with Crippen molar-refractivity contribution in [2.24, 2.45) is 11.8 Å². The average molecular weight is 372 g/mol. The minimum absolute atomic E-state index is 0.154. The van der Waals surface area contributed by atoms with Gasteiger partial charge in [0, 0.05) is 19.1 Å². The van der Waals surface area contributed by atoms with E-state index in [0.29, 0.717) is 12.6 Å². The number of amides is 1. The van der Waals surface area contributed by atoms with Gasteiger partial charge >= 0.3 is 0 Å². The van der Waals surface area contributed by atoms with E-state index in [0.717, 1.165) is 25.3 Å². The highest BCUT2D eigenvalue weighted by Gasteiger charge is 2.31. The van der Waals surface area contributed by atoms with Crippen LogP contribution in [0, 0.1) is 11.8 Å². The molecule has 1 amide bonds. The van der Waals surface area contributed by atoms with E-state index in [1.165, 1.54) is 51.0 Å². The van der Waals surface area contributed by atoms with Crippen LogP contribution < -0.4 is 5.32 Å². The van der Waals surface area contributed by atoms with Gasteiger partial charge < -0.3 is 10.2 Å². The molecular formula is C23H37N3O. The molecule has 1 N–H and O–H groups in total. The van der Waals surface area contributed by atoms with E-state index < -0.39 is 0 Å². The van der Waals surface area contributed by atoms with E-state index in [1.807, 2.05) is 18.2 Å². The predicted octanol–water partition coefficient (Wildman–Crippen LogP) is 3.53. The first-order valence-corrected chi connectivity index (χ1v) is 10.9. The zero-order valence-electron chi connectivity index (χ0n) is 17.2. The zero-order valence-corrected chi connectivity index (χ0v) is 17.2. The van der Waals surface area contributed by atoms with Gasteiger partial charge in [-0.25, -0.2) is 0 Å². The molecule has 4 heteroatoms. The largest absolute Gasteiger partial charge is 0.352 e. The summed E-state index contributed by atoms with van der Waals surface area (Å²) < 4.78 is 0. The number of hydrogen-bond donors (Lipinski definition) is 1. The van der Waals surface area contributed by atoms with Crippen LogP contribution >= 0.6 is 0 Å².